The molecule has 0 aliphatic heterocycles. The van der Waals surface area contributed by atoms with Crippen LogP contribution in [0.5, 0.6) is 0 Å². The number of para-hydroxylation sites is 1. The van der Waals surface area contributed by atoms with E-state index in [0.29, 0.717) is 0 Å². The van der Waals surface area contributed by atoms with Gasteiger partial charge in [0.05, 0.1) is 11.2 Å². The van der Waals surface area contributed by atoms with Crippen LogP contribution in [0.3, 0.4) is 0 Å². The van der Waals surface area contributed by atoms with Gasteiger partial charge in [-0.2, -0.15) is 0 Å². The first kappa shape index (κ1) is 15.8. The van der Waals surface area contributed by atoms with Crippen molar-refractivity contribution in [2.45, 2.75) is 20.8 Å². The van der Waals surface area contributed by atoms with Gasteiger partial charge in [-0.1, -0.05) is 18.2 Å². The van der Waals surface area contributed by atoms with Crippen LogP contribution in [-0.4, -0.2) is 18.9 Å². The smallest absolute Gasteiger partial charge is 0.144 e. The standard InChI is InChI=1S/C23H20N4/c1-15-6-4-7-16(2)22(15)27-11-9-24-23(27)19-13-20-18(12-17(19)3)14-26-10-5-8-21(26)25-20/h4-14H,1-3H3. The molecule has 0 aliphatic carbocycles. The molecule has 0 bridgehead atoms. The molecule has 3 aromatic heterocycles. The van der Waals surface area contributed by atoms with E-state index in [0.717, 1.165) is 27.9 Å². The van der Waals surface area contributed by atoms with Gasteiger partial charge < -0.3 is 4.40 Å². The second-order valence-corrected chi connectivity index (χ2v) is 7.10. The molecule has 132 valence electrons. The molecule has 0 N–H and O–H groups in total. The number of nitrogens with zero attached hydrogens (tertiary/aromatic N) is 4. The van der Waals surface area contributed by atoms with E-state index in [1.54, 1.807) is 0 Å². The third kappa shape index (κ3) is 2.45. The molecule has 0 unspecified atom stereocenters. The van der Waals surface area contributed by atoms with Gasteiger partial charge >= 0.3 is 0 Å². The average Bonchev–Trinajstić information content (AvgIpc) is 3.28. The quantitative estimate of drug-likeness (QED) is 0.434. The largest absolute Gasteiger partial charge is 0.308 e. The fourth-order valence-corrected chi connectivity index (χ4v) is 3.89. The molecule has 0 aliphatic rings. The summed E-state index contributed by atoms with van der Waals surface area (Å²) in [6.45, 7) is 6.42. The van der Waals surface area contributed by atoms with Gasteiger partial charge in [-0.05, 0) is 61.7 Å². The first-order valence-corrected chi connectivity index (χ1v) is 9.10. The molecular formula is C23H20N4. The van der Waals surface area contributed by atoms with Crippen LogP contribution in [0.1, 0.15) is 16.7 Å². The molecule has 3 heterocycles. The van der Waals surface area contributed by atoms with Gasteiger partial charge in [-0.3, -0.25) is 4.57 Å². The first-order valence-electron chi connectivity index (χ1n) is 9.10. The molecule has 27 heavy (non-hydrogen) atoms. The summed E-state index contributed by atoms with van der Waals surface area (Å²) in [5, 5.41) is 1.13. The molecule has 4 heteroatoms. The molecule has 4 nitrogen and oxygen atoms in total. The first-order chi connectivity index (χ1) is 13.1. The predicted octanol–water partition coefficient (Wildman–Crippen LogP) is 5.27. The summed E-state index contributed by atoms with van der Waals surface area (Å²) in [5.41, 5.74) is 7.90. The third-order valence-electron chi connectivity index (χ3n) is 5.21. The highest BCUT2D eigenvalue weighted by molar-refractivity contribution is 5.86. The van der Waals surface area contributed by atoms with E-state index in [1.165, 1.54) is 22.4 Å². The van der Waals surface area contributed by atoms with E-state index in [9.17, 15) is 0 Å². The van der Waals surface area contributed by atoms with E-state index in [-0.39, 0.29) is 0 Å². The van der Waals surface area contributed by atoms with Gasteiger partial charge in [0, 0.05) is 35.7 Å². The summed E-state index contributed by atoms with van der Waals surface area (Å²) in [6.07, 6.45) is 8.07. The Labute approximate surface area is 157 Å². The van der Waals surface area contributed by atoms with Gasteiger partial charge in [0.15, 0.2) is 0 Å². The van der Waals surface area contributed by atoms with Gasteiger partial charge in [0.25, 0.3) is 0 Å². The van der Waals surface area contributed by atoms with Crippen molar-refractivity contribution in [3.63, 3.8) is 0 Å². The van der Waals surface area contributed by atoms with Gasteiger partial charge in [0.1, 0.15) is 11.5 Å². The summed E-state index contributed by atoms with van der Waals surface area (Å²) in [5.74, 6) is 0.948. The van der Waals surface area contributed by atoms with Crippen LogP contribution in [0.15, 0.2) is 67.3 Å². The Kier molecular flexibility index (Phi) is 3.41. The lowest BCUT2D eigenvalue weighted by atomic mass is 10.0. The molecular weight excluding hydrogens is 332 g/mol. The number of fused-ring (bicyclic) bond motifs is 2. The average molecular weight is 352 g/mol. The Balaban J connectivity index is 1.76. The van der Waals surface area contributed by atoms with Crippen molar-refractivity contribution in [2.75, 3.05) is 0 Å². The zero-order valence-electron chi connectivity index (χ0n) is 15.6. The molecule has 5 rings (SSSR count). The third-order valence-corrected chi connectivity index (χ3v) is 5.21. The van der Waals surface area contributed by atoms with Crippen LogP contribution in [-0.2, 0) is 0 Å². The topological polar surface area (TPSA) is 35.1 Å². The zero-order valence-corrected chi connectivity index (χ0v) is 15.6. The zero-order chi connectivity index (χ0) is 18.5. The lowest BCUT2D eigenvalue weighted by Crippen LogP contribution is -2.02. The van der Waals surface area contributed by atoms with E-state index in [1.807, 2.05) is 30.7 Å². The van der Waals surface area contributed by atoms with Crippen LogP contribution in [0.4, 0.5) is 0 Å². The van der Waals surface area contributed by atoms with Gasteiger partial charge in [-0.25, -0.2) is 9.97 Å². The van der Waals surface area contributed by atoms with Crippen LogP contribution < -0.4 is 0 Å². The Morgan fingerprint density at radius 3 is 2.48 bits per heavy atom. The maximum absolute atomic E-state index is 4.81. The van der Waals surface area contributed by atoms with Gasteiger partial charge in [0.2, 0.25) is 0 Å². The van der Waals surface area contributed by atoms with Crippen molar-refractivity contribution in [3.05, 3.63) is 83.9 Å². The molecule has 0 saturated carbocycles. The lowest BCUT2D eigenvalue weighted by molar-refractivity contribution is 1.03. The molecule has 5 aromatic rings. The molecule has 2 aromatic carbocycles. The summed E-state index contributed by atoms with van der Waals surface area (Å²) in [6, 6.07) is 14.8. The maximum atomic E-state index is 4.81. The second kappa shape index (κ2) is 5.81. The minimum atomic E-state index is 0.948. The van der Waals surface area contributed by atoms with Crippen molar-refractivity contribution in [1.82, 2.24) is 18.9 Å². The minimum absolute atomic E-state index is 0.948. The number of aromatic nitrogens is 4. The van der Waals surface area contributed by atoms with Gasteiger partial charge in [-0.15, -0.1) is 0 Å². The fourth-order valence-electron chi connectivity index (χ4n) is 3.89. The lowest BCUT2D eigenvalue weighted by Gasteiger charge is -2.15. The summed E-state index contributed by atoms with van der Waals surface area (Å²) >= 11 is 0. The Morgan fingerprint density at radius 2 is 1.67 bits per heavy atom. The van der Waals surface area contributed by atoms with E-state index in [2.05, 4.69) is 66.3 Å². The summed E-state index contributed by atoms with van der Waals surface area (Å²) < 4.78 is 4.24. The normalized spacial score (nSPS) is 11.5. The Bertz CT molecular complexity index is 1290. The minimum Gasteiger partial charge on any atom is -0.308 e. The van der Waals surface area contributed by atoms with Crippen LogP contribution in [0.25, 0.3) is 33.6 Å². The highest BCUT2D eigenvalue weighted by atomic mass is 15.1. The Hall–Kier alpha value is -3.40. The van der Waals surface area contributed by atoms with Crippen LogP contribution >= 0.6 is 0 Å². The van der Waals surface area contributed by atoms with Crippen molar-refractivity contribution in [3.8, 4) is 17.1 Å². The number of rotatable bonds is 2. The highest BCUT2D eigenvalue weighted by Crippen LogP contribution is 2.30. The second-order valence-electron chi connectivity index (χ2n) is 7.10. The Morgan fingerprint density at radius 1 is 0.852 bits per heavy atom. The van der Waals surface area contributed by atoms with E-state index >= 15 is 0 Å². The molecule has 0 spiro atoms. The predicted molar refractivity (Wildman–Crippen MR) is 109 cm³/mol. The SMILES string of the molecule is Cc1cc2cn3cccc3nc2cc1-c1nccn1-c1c(C)cccc1C. The van der Waals surface area contributed by atoms with E-state index < -0.39 is 0 Å². The number of imidazole rings is 1. The van der Waals surface area contributed by atoms with E-state index in [4.69, 9.17) is 9.97 Å². The number of hydrogen-bond donors (Lipinski definition) is 0. The number of aryl methyl sites for hydroxylation is 3. The van der Waals surface area contributed by atoms with Crippen molar-refractivity contribution >= 4 is 16.6 Å². The summed E-state index contributed by atoms with van der Waals surface area (Å²) in [7, 11) is 0. The molecule has 0 radical (unpaired) electrons. The van der Waals surface area contributed by atoms with Crippen molar-refractivity contribution in [2.24, 2.45) is 0 Å². The van der Waals surface area contributed by atoms with Crippen molar-refractivity contribution in [1.29, 1.82) is 0 Å². The maximum Gasteiger partial charge on any atom is 0.144 e. The van der Waals surface area contributed by atoms with Crippen molar-refractivity contribution < 1.29 is 0 Å². The van der Waals surface area contributed by atoms with Crippen LogP contribution in [0, 0.1) is 20.8 Å². The molecule has 0 amide bonds. The summed E-state index contributed by atoms with van der Waals surface area (Å²) in [4.78, 5) is 9.51. The molecule has 0 saturated heterocycles. The molecule has 0 fully saturated rings. The highest BCUT2D eigenvalue weighted by Gasteiger charge is 2.15. The number of benzene rings is 2. The molecule has 0 atom stereocenters. The monoisotopic (exact) mass is 352 g/mol. The van der Waals surface area contributed by atoms with Crippen LogP contribution in [0.2, 0.25) is 0 Å². The fraction of sp³-hybridized carbons (Fsp3) is 0.130. The number of hydrogen-bond acceptors (Lipinski definition) is 2.